The summed E-state index contributed by atoms with van der Waals surface area (Å²) in [6, 6.07) is 25.7. The molecule has 1 aromatic heterocycles. The molecule has 3 aromatic carbocycles. The van der Waals surface area contributed by atoms with E-state index in [0.717, 1.165) is 5.56 Å². The Hall–Kier alpha value is -3.73. The SMILES string of the molecule is C[C@@H](NC(=O)c1nn(-c2ccccc2)c(=O)c2ccccc12)c1ccccc1. The third kappa shape index (κ3) is 3.30. The lowest BCUT2D eigenvalue weighted by Gasteiger charge is -2.16. The summed E-state index contributed by atoms with van der Waals surface area (Å²) in [7, 11) is 0. The molecule has 28 heavy (non-hydrogen) atoms. The van der Waals surface area contributed by atoms with E-state index in [9.17, 15) is 9.59 Å². The van der Waals surface area contributed by atoms with Crippen molar-refractivity contribution in [2.75, 3.05) is 0 Å². The van der Waals surface area contributed by atoms with Crippen LogP contribution in [0.4, 0.5) is 0 Å². The zero-order valence-corrected chi connectivity index (χ0v) is 15.4. The largest absolute Gasteiger partial charge is 0.344 e. The minimum absolute atomic E-state index is 0.189. The fourth-order valence-corrected chi connectivity index (χ4v) is 3.19. The lowest BCUT2D eigenvalue weighted by Crippen LogP contribution is -2.31. The van der Waals surface area contributed by atoms with E-state index in [4.69, 9.17) is 0 Å². The Morgan fingerprint density at radius 2 is 1.43 bits per heavy atom. The van der Waals surface area contributed by atoms with Gasteiger partial charge in [0, 0.05) is 5.39 Å². The van der Waals surface area contributed by atoms with Gasteiger partial charge in [-0.1, -0.05) is 66.7 Å². The highest BCUT2D eigenvalue weighted by molar-refractivity contribution is 6.05. The van der Waals surface area contributed by atoms with Gasteiger partial charge in [-0.05, 0) is 30.7 Å². The molecule has 4 rings (SSSR count). The number of hydrogen-bond donors (Lipinski definition) is 1. The molecular formula is C23H19N3O2. The van der Waals surface area contributed by atoms with Gasteiger partial charge in [0.25, 0.3) is 11.5 Å². The molecule has 0 aliphatic rings. The third-order valence-corrected chi connectivity index (χ3v) is 4.67. The fraction of sp³-hybridized carbons (Fsp3) is 0.0870. The summed E-state index contributed by atoms with van der Waals surface area (Å²) in [4.78, 5) is 26.0. The molecule has 1 amide bonds. The van der Waals surface area contributed by atoms with E-state index in [0.29, 0.717) is 16.5 Å². The Morgan fingerprint density at radius 1 is 0.857 bits per heavy atom. The second kappa shape index (κ2) is 7.48. The highest BCUT2D eigenvalue weighted by Crippen LogP contribution is 2.17. The van der Waals surface area contributed by atoms with Crippen LogP contribution in [0.5, 0.6) is 0 Å². The molecule has 0 saturated carbocycles. The Morgan fingerprint density at radius 3 is 2.11 bits per heavy atom. The standard InChI is InChI=1S/C23H19N3O2/c1-16(17-10-4-2-5-11-17)24-22(27)21-19-14-8-9-15-20(19)23(28)26(25-21)18-12-6-3-7-13-18/h2-16H,1H3,(H,24,27)/t16-/m1/s1. The number of para-hydroxylation sites is 1. The van der Waals surface area contributed by atoms with Crippen LogP contribution in [0.3, 0.4) is 0 Å². The van der Waals surface area contributed by atoms with Crippen molar-refractivity contribution in [3.8, 4) is 5.69 Å². The van der Waals surface area contributed by atoms with Gasteiger partial charge in [-0.3, -0.25) is 9.59 Å². The van der Waals surface area contributed by atoms with Gasteiger partial charge in [0.05, 0.1) is 17.1 Å². The van der Waals surface area contributed by atoms with Gasteiger partial charge in [-0.15, -0.1) is 0 Å². The molecule has 4 aromatic rings. The van der Waals surface area contributed by atoms with E-state index in [2.05, 4.69) is 10.4 Å². The van der Waals surface area contributed by atoms with Gasteiger partial charge in [0.2, 0.25) is 0 Å². The molecule has 5 heteroatoms. The van der Waals surface area contributed by atoms with Crippen LogP contribution in [0, 0.1) is 0 Å². The molecular weight excluding hydrogens is 350 g/mol. The molecule has 0 unspecified atom stereocenters. The number of fused-ring (bicyclic) bond motifs is 1. The summed E-state index contributed by atoms with van der Waals surface area (Å²) >= 11 is 0. The molecule has 1 heterocycles. The van der Waals surface area contributed by atoms with Crippen LogP contribution in [0.2, 0.25) is 0 Å². The summed E-state index contributed by atoms with van der Waals surface area (Å²) in [5.74, 6) is -0.322. The number of benzene rings is 3. The van der Waals surface area contributed by atoms with Crippen LogP contribution in [0.15, 0.2) is 89.7 Å². The Kier molecular flexibility index (Phi) is 4.72. The molecule has 0 saturated heterocycles. The van der Waals surface area contributed by atoms with Crippen LogP contribution in [-0.2, 0) is 0 Å². The Balaban J connectivity index is 1.81. The van der Waals surface area contributed by atoms with E-state index in [-0.39, 0.29) is 23.2 Å². The van der Waals surface area contributed by atoms with E-state index >= 15 is 0 Å². The van der Waals surface area contributed by atoms with E-state index < -0.39 is 0 Å². The van der Waals surface area contributed by atoms with Gasteiger partial charge >= 0.3 is 0 Å². The summed E-state index contributed by atoms with van der Waals surface area (Å²) in [5, 5.41) is 8.39. The van der Waals surface area contributed by atoms with Crippen molar-refractivity contribution < 1.29 is 4.79 Å². The first-order chi connectivity index (χ1) is 13.6. The number of amides is 1. The lowest BCUT2D eigenvalue weighted by atomic mass is 10.1. The van der Waals surface area contributed by atoms with Crippen molar-refractivity contribution >= 4 is 16.7 Å². The van der Waals surface area contributed by atoms with Gasteiger partial charge in [-0.2, -0.15) is 9.78 Å². The first-order valence-corrected chi connectivity index (χ1v) is 9.08. The summed E-state index contributed by atoms with van der Waals surface area (Å²) in [6.45, 7) is 1.92. The minimum Gasteiger partial charge on any atom is -0.344 e. The topological polar surface area (TPSA) is 64.0 Å². The van der Waals surface area contributed by atoms with Crippen molar-refractivity contribution in [3.05, 3.63) is 107 Å². The van der Waals surface area contributed by atoms with Gasteiger partial charge in [0.15, 0.2) is 5.69 Å². The average molecular weight is 369 g/mol. The number of carbonyl (C=O) groups excluding carboxylic acids is 1. The Labute approximate surface area is 162 Å². The maximum Gasteiger partial charge on any atom is 0.279 e. The summed E-state index contributed by atoms with van der Waals surface area (Å²) in [5.41, 5.74) is 1.58. The highest BCUT2D eigenvalue weighted by atomic mass is 16.2. The molecule has 0 aliphatic heterocycles. The van der Waals surface area contributed by atoms with Crippen molar-refractivity contribution in [2.24, 2.45) is 0 Å². The molecule has 0 radical (unpaired) electrons. The molecule has 1 N–H and O–H groups in total. The van der Waals surface area contributed by atoms with Crippen molar-refractivity contribution in [1.29, 1.82) is 0 Å². The zero-order chi connectivity index (χ0) is 19.5. The molecule has 0 spiro atoms. The molecule has 138 valence electrons. The smallest absolute Gasteiger partial charge is 0.279 e. The van der Waals surface area contributed by atoms with E-state index in [1.807, 2.05) is 55.5 Å². The number of nitrogens with one attached hydrogen (secondary N) is 1. The predicted molar refractivity (Wildman–Crippen MR) is 110 cm³/mol. The van der Waals surface area contributed by atoms with Crippen molar-refractivity contribution in [1.82, 2.24) is 15.1 Å². The first-order valence-electron chi connectivity index (χ1n) is 9.08. The molecule has 1 atom stereocenters. The van der Waals surface area contributed by atoms with Crippen LogP contribution >= 0.6 is 0 Å². The van der Waals surface area contributed by atoms with Crippen LogP contribution < -0.4 is 10.9 Å². The Bertz CT molecular complexity index is 1180. The quantitative estimate of drug-likeness (QED) is 0.594. The third-order valence-electron chi connectivity index (χ3n) is 4.67. The maximum atomic E-state index is 13.0. The number of carbonyl (C=O) groups is 1. The van der Waals surface area contributed by atoms with E-state index in [1.165, 1.54) is 4.68 Å². The van der Waals surface area contributed by atoms with Gasteiger partial charge in [-0.25, -0.2) is 0 Å². The second-order valence-electron chi connectivity index (χ2n) is 6.55. The van der Waals surface area contributed by atoms with Crippen LogP contribution in [-0.4, -0.2) is 15.7 Å². The normalized spacial score (nSPS) is 11.9. The maximum absolute atomic E-state index is 13.0. The first kappa shape index (κ1) is 17.7. The molecule has 0 bridgehead atoms. The lowest BCUT2D eigenvalue weighted by molar-refractivity contribution is 0.0935. The van der Waals surface area contributed by atoms with Crippen LogP contribution in [0.25, 0.3) is 16.5 Å². The number of rotatable bonds is 4. The number of hydrogen-bond acceptors (Lipinski definition) is 3. The van der Waals surface area contributed by atoms with Crippen molar-refractivity contribution in [2.45, 2.75) is 13.0 Å². The molecule has 0 fully saturated rings. The fourth-order valence-electron chi connectivity index (χ4n) is 3.19. The van der Waals surface area contributed by atoms with Gasteiger partial charge < -0.3 is 5.32 Å². The second-order valence-corrected chi connectivity index (χ2v) is 6.55. The van der Waals surface area contributed by atoms with Crippen molar-refractivity contribution in [3.63, 3.8) is 0 Å². The number of nitrogens with zero attached hydrogens (tertiary/aromatic N) is 2. The summed E-state index contributed by atoms with van der Waals surface area (Å²) in [6.07, 6.45) is 0. The van der Waals surface area contributed by atoms with Gasteiger partial charge in [0.1, 0.15) is 0 Å². The van der Waals surface area contributed by atoms with Crippen LogP contribution in [0.1, 0.15) is 29.0 Å². The monoisotopic (exact) mass is 369 g/mol. The van der Waals surface area contributed by atoms with E-state index in [1.54, 1.807) is 36.4 Å². The molecule has 0 aliphatic carbocycles. The average Bonchev–Trinajstić information content (AvgIpc) is 2.75. The zero-order valence-electron chi connectivity index (χ0n) is 15.4. The number of aromatic nitrogens is 2. The summed E-state index contributed by atoms with van der Waals surface area (Å²) < 4.78 is 1.28. The molecule has 5 nitrogen and oxygen atoms in total. The highest BCUT2D eigenvalue weighted by Gasteiger charge is 2.19. The predicted octanol–water partition coefficient (Wildman–Crippen LogP) is 3.88. The minimum atomic E-state index is -0.322.